The van der Waals surface area contributed by atoms with Gasteiger partial charge in [0.1, 0.15) is 0 Å². The molecule has 0 aliphatic carbocycles. The van der Waals surface area contributed by atoms with E-state index in [4.69, 9.17) is 0 Å². The Balaban J connectivity index is -0.000000115. The van der Waals surface area contributed by atoms with E-state index >= 15 is 0 Å². The van der Waals surface area contributed by atoms with E-state index in [9.17, 15) is 0 Å². The number of hydrogen-bond acceptors (Lipinski definition) is 2. The summed E-state index contributed by atoms with van der Waals surface area (Å²) in [7, 11) is 0. The molecular formula is C18H34N2Re2-2. The van der Waals surface area contributed by atoms with E-state index in [-0.39, 0.29) is 46.3 Å². The molecule has 1 aromatic rings. The molecule has 0 unspecified atom stereocenters. The Kier molecular flexibility index (Phi) is 29.6. The van der Waals surface area contributed by atoms with Crippen molar-refractivity contribution in [2.45, 2.75) is 66.7 Å². The number of aromatic nitrogens is 1. The summed E-state index contributed by atoms with van der Waals surface area (Å²) in [5.74, 6) is 0. The van der Waals surface area contributed by atoms with Crippen LogP contribution in [0.4, 0.5) is 0 Å². The Morgan fingerprint density at radius 3 is 1.73 bits per heavy atom. The van der Waals surface area contributed by atoms with Crippen molar-refractivity contribution in [3.05, 3.63) is 43.1 Å². The topological polar surface area (TPSA) is 24.9 Å². The number of rotatable bonds is 0. The van der Waals surface area contributed by atoms with Gasteiger partial charge in [0, 0.05) is 53.2 Å². The van der Waals surface area contributed by atoms with Crippen LogP contribution in [0.2, 0.25) is 0 Å². The second kappa shape index (κ2) is 21.4. The van der Waals surface area contributed by atoms with Gasteiger partial charge in [-0.25, -0.2) is 0 Å². The molecule has 1 aliphatic heterocycles. The number of pyridine rings is 1. The van der Waals surface area contributed by atoms with Gasteiger partial charge in [0.15, 0.2) is 0 Å². The minimum atomic E-state index is 0. The van der Waals surface area contributed by atoms with Crippen molar-refractivity contribution in [3.8, 4) is 0 Å². The minimum absolute atomic E-state index is 0. The monoisotopic (exact) mass is 652 g/mol. The first-order valence-electron chi connectivity index (χ1n) is 7.72. The maximum atomic E-state index is 3.96. The van der Waals surface area contributed by atoms with Crippen LogP contribution in [-0.4, -0.2) is 11.5 Å². The van der Waals surface area contributed by atoms with E-state index in [0.717, 1.165) is 0 Å². The third-order valence-electron chi connectivity index (χ3n) is 2.36. The summed E-state index contributed by atoms with van der Waals surface area (Å²) in [5, 5.41) is 3.10. The predicted octanol–water partition coefficient (Wildman–Crippen LogP) is 5.16. The summed E-state index contributed by atoms with van der Waals surface area (Å²) in [5.41, 5.74) is 1.59. The van der Waals surface area contributed by atoms with Crippen LogP contribution in [0.1, 0.15) is 66.9 Å². The van der Waals surface area contributed by atoms with Crippen molar-refractivity contribution in [3.63, 3.8) is 0 Å². The van der Waals surface area contributed by atoms with Gasteiger partial charge >= 0.3 is 0 Å². The first kappa shape index (κ1) is 30.3. The molecule has 1 fully saturated rings. The fourth-order valence-electron chi connectivity index (χ4n) is 1.36. The number of nitrogens with one attached hydrogen (secondary N) is 1. The van der Waals surface area contributed by atoms with E-state index in [1.807, 2.05) is 46.5 Å². The van der Waals surface area contributed by atoms with Crippen molar-refractivity contribution in [1.29, 1.82) is 0 Å². The molecule has 0 aromatic carbocycles. The van der Waals surface area contributed by atoms with Gasteiger partial charge in [-0.15, -0.1) is 0 Å². The Morgan fingerprint density at radius 2 is 1.55 bits per heavy atom. The molecule has 0 bridgehead atoms. The Hall–Kier alpha value is 0.435. The van der Waals surface area contributed by atoms with Gasteiger partial charge in [-0.2, -0.15) is 20.3 Å². The maximum Gasteiger partial charge on any atom is 0.0270 e. The van der Waals surface area contributed by atoms with Gasteiger partial charge in [-0.05, 0) is 29.7 Å². The summed E-state index contributed by atoms with van der Waals surface area (Å²) in [4.78, 5) is 3.96. The van der Waals surface area contributed by atoms with Gasteiger partial charge in [0.25, 0.3) is 0 Å². The fraction of sp³-hybridized carbons (Fsp3) is 0.611. The third-order valence-corrected chi connectivity index (χ3v) is 2.36. The van der Waals surface area contributed by atoms with Gasteiger partial charge in [-0.1, -0.05) is 41.0 Å². The van der Waals surface area contributed by atoms with Crippen molar-refractivity contribution in [2.75, 3.05) is 6.54 Å². The Labute approximate surface area is 167 Å². The zero-order chi connectivity index (χ0) is 15.9. The summed E-state index contributed by atoms with van der Waals surface area (Å²) < 4.78 is 0. The molecule has 0 amide bonds. The van der Waals surface area contributed by atoms with E-state index in [1.165, 1.54) is 24.9 Å². The summed E-state index contributed by atoms with van der Waals surface area (Å²) in [6, 6.07) is 4.11. The van der Waals surface area contributed by atoms with Crippen molar-refractivity contribution < 1.29 is 40.8 Å². The second-order valence-corrected chi connectivity index (χ2v) is 5.36. The molecular weight excluding hydrogens is 617 g/mol. The predicted molar refractivity (Wildman–Crippen MR) is 91.5 cm³/mol. The average Bonchev–Trinajstić information content (AvgIpc) is 3.01. The average molecular weight is 651 g/mol. The van der Waals surface area contributed by atoms with Crippen LogP contribution in [0.5, 0.6) is 0 Å². The maximum absolute atomic E-state index is 3.96. The molecule has 4 heteroatoms. The second-order valence-electron chi connectivity index (χ2n) is 5.36. The van der Waals surface area contributed by atoms with Gasteiger partial charge in [0.05, 0.1) is 0 Å². The smallest absolute Gasteiger partial charge is 0.0270 e. The summed E-state index contributed by atoms with van der Waals surface area (Å²) in [6.07, 6.45) is 8.27. The first-order chi connectivity index (χ1) is 9.52. The van der Waals surface area contributed by atoms with E-state index in [1.54, 1.807) is 0 Å². The van der Waals surface area contributed by atoms with E-state index in [0.29, 0.717) is 0 Å². The van der Waals surface area contributed by atoms with E-state index in [2.05, 4.69) is 49.7 Å². The van der Waals surface area contributed by atoms with Gasteiger partial charge < -0.3 is 11.7 Å². The zero-order valence-electron chi connectivity index (χ0n) is 15.3. The van der Waals surface area contributed by atoms with E-state index < -0.39 is 0 Å². The molecule has 1 aromatic heterocycles. The number of hydrogen-bond donors (Lipinski definition) is 1. The minimum Gasteiger partial charge on any atom is -0.470 e. The van der Waals surface area contributed by atoms with Crippen LogP contribution in [0.25, 0.3) is 0 Å². The zero-order valence-corrected chi connectivity index (χ0v) is 20.7. The van der Waals surface area contributed by atoms with Gasteiger partial charge in [-0.3, -0.25) is 11.5 Å². The van der Waals surface area contributed by atoms with Crippen LogP contribution in [-0.2, 0) is 46.3 Å². The Morgan fingerprint density at radius 1 is 1.09 bits per heavy atom. The van der Waals surface area contributed by atoms with Crippen LogP contribution in [0, 0.1) is 13.0 Å². The molecule has 1 saturated heterocycles. The van der Waals surface area contributed by atoms with Crippen molar-refractivity contribution in [2.24, 2.45) is 0 Å². The van der Waals surface area contributed by atoms with Gasteiger partial charge in [0.2, 0.25) is 0 Å². The fourth-order valence-corrected chi connectivity index (χ4v) is 1.36. The SMILES string of the molecule is CC.CC(C)(C)c1ccncc1.C[CH-]C.[CH-]1CCCN1.[Re].[Re]. The molecule has 2 nitrogen and oxygen atoms in total. The quantitative estimate of drug-likeness (QED) is 0.393. The molecule has 0 atom stereocenters. The molecule has 22 heavy (non-hydrogen) atoms. The standard InChI is InChI=1S/C9H13N.C4H8N.C3H7.C2H6.2Re/c1-9(2,3)8-4-6-10-7-5-8;1-2-4-5-3-1;1-3-2;1-2;;/h4-7H,1-3H3;3,5H,1-2,4H2;3H,1-2H3;1-2H3;;/q;2*-1;;;. The molecule has 0 saturated carbocycles. The third kappa shape index (κ3) is 20.4. The normalized spacial score (nSPS) is 11.8. The van der Waals surface area contributed by atoms with Crippen LogP contribution in [0.3, 0.4) is 0 Å². The van der Waals surface area contributed by atoms with Crippen LogP contribution in [0.15, 0.2) is 24.5 Å². The molecule has 0 spiro atoms. The summed E-state index contributed by atoms with van der Waals surface area (Å²) in [6.45, 7) is 17.9. The summed E-state index contributed by atoms with van der Waals surface area (Å²) >= 11 is 0. The molecule has 132 valence electrons. The van der Waals surface area contributed by atoms with Crippen molar-refractivity contribution >= 4 is 0 Å². The molecule has 1 aliphatic rings. The molecule has 2 rings (SSSR count). The molecule has 1 N–H and O–H groups in total. The Bertz CT molecular complexity index is 273. The van der Waals surface area contributed by atoms with Crippen LogP contribution >= 0.6 is 0 Å². The number of nitrogens with zero attached hydrogens (tertiary/aromatic N) is 1. The first-order valence-corrected chi connectivity index (χ1v) is 7.72. The largest absolute Gasteiger partial charge is 0.470 e. The molecule has 2 radical (unpaired) electrons. The van der Waals surface area contributed by atoms with Crippen molar-refractivity contribution in [1.82, 2.24) is 10.3 Å². The van der Waals surface area contributed by atoms with Crippen LogP contribution < -0.4 is 5.32 Å². The molecule has 2 heterocycles.